The highest BCUT2D eigenvalue weighted by molar-refractivity contribution is 5.44. The molecule has 0 radical (unpaired) electrons. The molecule has 17 heavy (non-hydrogen) atoms. The molecule has 0 spiro atoms. The van der Waals surface area contributed by atoms with Crippen molar-refractivity contribution in [1.82, 2.24) is 0 Å². The van der Waals surface area contributed by atoms with Gasteiger partial charge >= 0.3 is 6.18 Å². The first-order valence-electron chi connectivity index (χ1n) is 4.72. The van der Waals surface area contributed by atoms with E-state index in [9.17, 15) is 13.2 Å². The molecule has 0 aromatic heterocycles. The van der Waals surface area contributed by atoms with Crippen molar-refractivity contribution in [3.8, 4) is 11.8 Å². The lowest BCUT2D eigenvalue weighted by atomic mass is 10.1. The van der Waals surface area contributed by atoms with Gasteiger partial charge in [0, 0.05) is 7.11 Å². The van der Waals surface area contributed by atoms with Crippen LogP contribution in [-0.2, 0) is 10.9 Å². The Kier molecular flexibility index (Phi) is 4.35. The molecule has 0 saturated heterocycles. The van der Waals surface area contributed by atoms with Gasteiger partial charge in [-0.25, -0.2) is 0 Å². The molecule has 0 fully saturated rings. The van der Waals surface area contributed by atoms with E-state index in [0.29, 0.717) is 6.61 Å². The van der Waals surface area contributed by atoms with Crippen LogP contribution in [0.5, 0.6) is 5.75 Å². The summed E-state index contributed by atoms with van der Waals surface area (Å²) in [5.74, 6) is 0.214. The van der Waals surface area contributed by atoms with Gasteiger partial charge in [0.1, 0.15) is 12.4 Å². The highest BCUT2D eigenvalue weighted by Crippen LogP contribution is 2.33. The summed E-state index contributed by atoms with van der Waals surface area (Å²) in [6, 6.07) is 4.58. The fourth-order valence-electron chi connectivity index (χ4n) is 1.20. The molecule has 0 N–H and O–H groups in total. The topological polar surface area (TPSA) is 42.2 Å². The molecule has 1 aromatic carbocycles. The van der Waals surface area contributed by atoms with E-state index in [1.165, 1.54) is 19.2 Å². The number of rotatable bonds is 4. The van der Waals surface area contributed by atoms with Gasteiger partial charge in [0.05, 0.1) is 23.8 Å². The van der Waals surface area contributed by atoms with Crippen LogP contribution in [-0.4, -0.2) is 20.3 Å². The van der Waals surface area contributed by atoms with E-state index < -0.39 is 17.3 Å². The number of nitriles is 1. The molecular formula is C11H10F3NO2. The number of alkyl halides is 3. The van der Waals surface area contributed by atoms with Crippen molar-refractivity contribution in [2.45, 2.75) is 6.18 Å². The summed E-state index contributed by atoms with van der Waals surface area (Å²) in [7, 11) is 1.48. The smallest absolute Gasteiger partial charge is 0.417 e. The number of methoxy groups -OCH3 is 1. The molecular weight excluding hydrogens is 235 g/mol. The number of hydrogen-bond acceptors (Lipinski definition) is 3. The van der Waals surface area contributed by atoms with Crippen LogP contribution in [0.4, 0.5) is 13.2 Å². The van der Waals surface area contributed by atoms with Gasteiger partial charge in [-0.3, -0.25) is 0 Å². The minimum atomic E-state index is -4.53. The third-order valence-corrected chi connectivity index (χ3v) is 1.97. The molecule has 0 aliphatic carbocycles. The van der Waals surface area contributed by atoms with Crippen molar-refractivity contribution < 1.29 is 22.6 Å². The Balaban J connectivity index is 2.90. The van der Waals surface area contributed by atoms with Crippen molar-refractivity contribution >= 4 is 0 Å². The minimum Gasteiger partial charge on any atom is -0.491 e. The lowest BCUT2D eigenvalue weighted by molar-refractivity contribution is -0.137. The van der Waals surface area contributed by atoms with Crippen LogP contribution in [0.2, 0.25) is 0 Å². The van der Waals surface area contributed by atoms with Gasteiger partial charge in [-0.05, 0) is 18.2 Å². The largest absolute Gasteiger partial charge is 0.491 e. The van der Waals surface area contributed by atoms with E-state index in [2.05, 4.69) is 0 Å². The Bertz CT molecular complexity index is 424. The van der Waals surface area contributed by atoms with E-state index in [1.54, 1.807) is 0 Å². The first-order valence-corrected chi connectivity index (χ1v) is 4.72. The molecule has 0 bridgehead atoms. The van der Waals surface area contributed by atoms with Crippen LogP contribution in [0.25, 0.3) is 0 Å². The zero-order valence-electron chi connectivity index (χ0n) is 9.04. The zero-order chi connectivity index (χ0) is 12.9. The second-order valence-electron chi connectivity index (χ2n) is 3.16. The normalized spacial score (nSPS) is 11.0. The molecule has 1 aromatic rings. The lowest BCUT2D eigenvalue weighted by Crippen LogP contribution is -2.09. The first kappa shape index (κ1) is 13.3. The Morgan fingerprint density at radius 1 is 1.29 bits per heavy atom. The van der Waals surface area contributed by atoms with Gasteiger partial charge in [0.15, 0.2) is 0 Å². The summed E-state index contributed by atoms with van der Waals surface area (Å²) < 4.78 is 47.2. The second-order valence-corrected chi connectivity index (χ2v) is 3.16. The number of benzene rings is 1. The fourth-order valence-corrected chi connectivity index (χ4v) is 1.20. The van der Waals surface area contributed by atoms with E-state index in [4.69, 9.17) is 14.7 Å². The van der Waals surface area contributed by atoms with Gasteiger partial charge < -0.3 is 9.47 Å². The minimum absolute atomic E-state index is 0.214. The van der Waals surface area contributed by atoms with E-state index in [1.807, 2.05) is 0 Å². The highest BCUT2D eigenvalue weighted by Gasteiger charge is 2.33. The summed E-state index contributed by atoms with van der Waals surface area (Å²) in [6.07, 6.45) is -4.53. The van der Waals surface area contributed by atoms with Crippen LogP contribution >= 0.6 is 0 Å². The van der Waals surface area contributed by atoms with Crippen LogP contribution in [0.1, 0.15) is 11.1 Å². The molecule has 3 nitrogen and oxygen atoms in total. The van der Waals surface area contributed by atoms with Gasteiger partial charge in [-0.1, -0.05) is 0 Å². The molecule has 0 atom stereocenters. The fraction of sp³-hybridized carbons (Fsp3) is 0.364. The van der Waals surface area contributed by atoms with Crippen molar-refractivity contribution in [3.63, 3.8) is 0 Å². The Morgan fingerprint density at radius 3 is 2.53 bits per heavy atom. The third-order valence-electron chi connectivity index (χ3n) is 1.97. The SMILES string of the molecule is COCCOc1ccc(C(F)(F)F)c(C#N)c1. The summed E-state index contributed by atoms with van der Waals surface area (Å²) in [4.78, 5) is 0. The molecule has 0 aliphatic rings. The maximum absolute atomic E-state index is 12.5. The summed E-state index contributed by atoms with van der Waals surface area (Å²) in [6.45, 7) is 0.537. The van der Waals surface area contributed by atoms with Gasteiger partial charge in [0.25, 0.3) is 0 Å². The maximum Gasteiger partial charge on any atom is 0.417 e. The summed E-state index contributed by atoms with van der Waals surface area (Å²) in [5.41, 5.74) is -1.41. The van der Waals surface area contributed by atoms with E-state index in [0.717, 1.165) is 12.1 Å². The standard InChI is InChI=1S/C11H10F3NO2/c1-16-4-5-17-9-2-3-10(11(12,13)14)8(6-9)7-15/h2-3,6H,4-5H2,1H3. The molecule has 0 heterocycles. The Hall–Kier alpha value is -1.74. The predicted octanol–water partition coefficient (Wildman–Crippen LogP) is 2.60. The molecule has 0 saturated carbocycles. The highest BCUT2D eigenvalue weighted by atomic mass is 19.4. The molecule has 1 rings (SSSR count). The summed E-state index contributed by atoms with van der Waals surface area (Å²) >= 11 is 0. The maximum atomic E-state index is 12.5. The van der Waals surface area contributed by atoms with Gasteiger partial charge in [0.2, 0.25) is 0 Å². The van der Waals surface area contributed by atoms with Crippen molar-refractivity contribution in [2.24, 2.45) is 0 Å². The van der Waals surface area contributed by atoms with Crippen LogP contribution < -0.4 is 4.74 Å². The molecule has 0 amide bonds. The van der Waals surface area contributed by atoms with Crippen LogP contribution in [0, 0.1) is 11.3 Å². The predicted molar refractivity (Wildman–Crippen MR) is 53.5 cm³/mol. The zero-order valence-corrected chi connectivity index (χ0v) is 9.04. The lowest BCUT2D eigenvalue weighted by Gasteiger charge is -2.10. The van der Waals surface area contributed by atoms with Crippen LogP contribution in [0.3, 0.4) is 0 Å². The average Bonchev–Trinajstić information content (AvgIpc) is 2.28. The van der Waals surface area contributed by atoms with E-state index in [-0.39, 0.29) is 12.4 Å². The van der Waals surface area contributed by atoms with Crippen molar-refractivity contribution in [2.75, 3.05) is 20.3 Å². The molecule has 6 heteroatoms. The quantitative estimate of drug-likeness (QED) is 0.766. The van der Waals surface area contributed by atoms with Gasteiger partial charge in [-0.15, -0.1) is 0 Å². The molecule has 0 unspecified atom stereocenters. The monoisotopic (exact) mass is 245 g/mol. The number of ether oxygens (including phenoxy) is 2. The Morgan fingerprint density at radius 2 is 2.00 bits per heavy atom. The third kappa shape index (κ3) is 3.64. The second kappa shape index (κ2) is 5.55. The Labute approximate surface area is 96.4 Å². The average molecular weight is 245 g/mol. The van der Waals surface area contributed by atoms with Crippen molar-refractivity contribution in [1.29, 1.82) is 5.26 Å². The molecule has 92 valence electrons. The molecule has 0 aliphatic heterocycles. The summed E-state index contributed by atoms with van der Waals surface area (Å²) in [5, 5.41) is 8.65. The van der Waals surface area contributed by atoms with Gasteiger partial charge in [-0.2, -0.15) is 18.4 Å². The van der Waals surface area contributed by atoms with E-state index >= 15 is 0 Å². The number of nitrogens with zero attached hydrogens (tertiary/aromatic N) is 1. The number of hydrogen-bond donors (Lipinski definition) is 0. The van der Waals surface area contributed by atoms with Crippen LogP contribution in [0.15, 0.2) is 18.2 Å². The number of halogens is 3. The van der Waals surface area contributed by atoms with Crippen molar-refractivity contribution in [3.05, 3.63) is 29.3 Å². The first-order chi connectivity index (χ1) is 7.99.